The van der Waals surface area contributed by atoms with Gasteiger partial charge in [-0.05, 0) is 62.3 Å². The van der Waals surface area contributed by atoms with E-state index in [-0.39, 0.29) is 24.6 Å². The number of aryl methyl sites for hydroxylation is 1. The van der Waals surface area contributed by atoms with Crippen molar-refractivity contribution < 1.29 is 9.90 Å². The van der Waals surface area contributed by atoms with Crippen LogP contribution in [0, 0.1) is 24.7 Å². The molecule has 2 aliphatic carbocycles. The Morgan fingerprint density at radius 3 is 2.96 bits per heavy atom. The number of aliphatic hydroxyl groups excluding tert-OH is 1. The third-order valence-electron chi connectivity index (χ3n) is 5.61. The van der Waals surface area contributed by atoms with Crippen molar-refractivity contribution in [1.82, 2.24) is 10.3 Å². The quantitative estimate of drug-likeness (QED) is 0.703. The fourth-order valence-electron chi connectivity index (χ4n) is 4.57. The molecule has 5 nitrogen and oxygen atoms in total. The summed E-state index contributed by atoms with van der Waals surface area (Å²) in [6.45, 7) is 2.19. The van der Waals surface area contributed by atoms with Gasteiger partial charge in [0, 0.05) is 40.9 Å². The van der Waals surface area contributed by atoms with Gasteiger partial charge >= 0.3 is 6.03 Å². The zero-order valence-electron chi connectivity index (χ0n) is 13.3. The van der Waals surface area contributed by atoms with Crippen LogP contribution in [0.2, 0.25) is 0 Å². The Labute approximate surface area is 135 Å². The molecule has 2 aromatic rings. The summed E-state index contributed by atoms with van der Waals surface area (Å²) in [5.74, 6) is 1.32. The molecule has 2 saturated carbocycles. The number of amides is 2. The minimum atomic E-state index is -0.174. The maximum atomic E-state index is 12.3. The number of urea groups is 1. The molecule has 1 aromatic carbocycles. The first kappa shape index (κ1) is 14.6. The first-order chi connectivity index (χ1) is 11.1. The molecule has 5 heteroatoms. The van der Waals surface area contributed by atoms with Crippen molar-refractivity contribution in [3.8, 4) is 0 Å². The Morgan fingerprint density at radius 2 is 2.13 bits per heavy atom. The lowest BCUT2D eigenvalue weighted by atomic mass is 9.85. The Balaban J connectivity index is 1.44. The first-order valence-electron chi connectivity index (χ1n) is 8.42. The fourth-order valence-corrected chi connectivity index (χ4v) is 4.57. The molecule has 4 atom stereocenters. The Kier molecular flexibility index (Phi) is 3.53. The number of carbonyl (C=O) groups excluding carboxylic acids is 1. The van der Waals surface area contributed by atoms with Crippen LogP contribution in [0.5, 0.6) is 0 Å². The van der Waals surface area contributed by atoms with E-state index in [1.807, 2.05) is 25.1 Å². The number of rotatable bonds is 3. The van der Waals surface area contributed by atoms with E-state index < -0.39 is 0 Å². The molecule has 2 aliphatic rings. The Hall–Kier alpha value is -2.01. The monoisotopic (exact) mass is 313 g/mol. The SMILES string of the molecule is Cc1cc2cc(NC(=O)NC3C4CCC(C4)C3CO)ccc2[nH]1. The largest absolute Gasteiger partial charge is 0.396 e. The van der Waals surface area contributed by atoms with Crippen molar-refractivity contribution in [2.45, 2.75) is 32.2 Å². The topological polar surface area (TPSA) is 77.2 Å². The lowest BCUT2D eigenvalue weighted by Crippen LogP contribution is -2.46. The highest BCUT2D eigenvalue weighted by Crippen LogP contribution is 2.48. The molecular weight excluding hydrogens is 290 g/mol. The van der Waals surface area contributed by atoms with Gasteiger partial charge in [0.15, 0.2) is 0 Å². The van der Waals surface area contributed by atoms with Gasteiger partial charge < -0.3 is 20.7 Å². The van der Waals surface area contributed by atoms with Gasteiger partial charge in [0.2, 0.25) is 0 Å². The predicted molar refractivity (Wildman–Crippen MR) is 90.4 cm³/mol. The van der Waals surface area contributed by atoms with E-state index in [4.69, 9.17) is 0 Å². The number of hydrogen-bond acceptors (Lipinski definition) is 2. The van der Waals surface area contributed by atoms with E-state index in [0.717, 1.165) is 28.7 Å². The summed E-state index contributed by atoms with van der Waals surface area (Å²) >= 11 is 0. The zero-order chi connectivity index (χ0) is 16.0. The molecule has 23 heavy (non-hydrogen) atoms. The second-order valence-corrected chi connectivity index (χ2v) is 7.06. The maximum Gasteiger partial charge on any atom is 0.319 e. The molecule has 4 rings (SSSR count). The number of anilines is 1. The van der Waals surface area contributed by atoms with Crippen molar-refractivity contribution >= 4 is 22.6 Å². The van der Waals surface area contributed by atoms with Gasteiger partial charge in [-0.15, -0.1) is 0 Å². The first-order valence-corrected chi connectivity index (χ1v) is 8.42. The number of aliphatic hydroxyl groups is 1. The standard InChI is InChI=1S/C18H23N3O2/c1-10-6-13-8-14(4-5-16(13)19-10)20-18(23)21-17-12-3-2-11(7-12)15(17)9-22/h4-6,8,11-12,15,17,19,22H,2-3,7,9H2,1H3,(H2,20,21,23). The Bertz CT molecular complexity index is 739. The number of hydrogen-bond donors (Lipinski definition) is 4. The fraction of sp³-hybridized carbons (Fsp3) is 0.500. The predicted octanol–water partition coefficient (Wildman–Crippen LogP) is 3.00. The van der Waals surface area contributed by atoms with E-state index in [9.17, 15) is 9.90 Å². The molecule has 4 unspecified atom stereocenters. The highest BCUT2D eigenvalue weighted by Gasteiger charge is 2.47. The molecule has 1 aromatic heterocycles. The molecule has 122 valence electrons. The zero-order valence-corrected chi connectivity index (χ0v) is 13.3. The smallest absolute Gasteiger partial charge is 0.319 e. The van der Waals surface area contributed by atoms with Crippen molar-refractivity contribution in [2.24, 2.45) is 17.8 Å². The summed E-state index contributed by atoms with van der Waals surface area (Å²) in [4.78, 5) is 15.6. The highest BCUT2D eigenvalue weighted by atomic mass is 16.3. The normalized spacial score (nSPS) is 29.1. The van der Waals surface area contributed by atoms with Crippen LogP contribution in [0.25, 0.3) is 10.9 Å². The van der Waals surface area contributed by atoms with E-state index >= 15 is 0 Å². The molecule has 1 heterocycles. The van der Waals surface area contributed by atoms with Crippen molar-refractivity contribution in [2.75, 3.05) is 11.9 Å². The molecule has 0 spiro atoms. The number of benzene rings is 1. The minimum absolute atomic E-state index is 0.108. The van der Waals surface area contributed by atoms with Crippen LogP contribution in [0.4, 0.5) is 10.5 Å². The average Bonchev–Trinajstić information content (AvgIpc) is 3.19. The van der Waals surface area contributed by atoms with Crippen LogP contribution in [0.1, 0.15) is 25.0 Å². The molecule has 4 N–H and O–H groups in total. The number of nitrogens with one attached hydrogen (secondary N) is 3. The van der Waals surface area contributed by atoms with Gasteiger partial charge in [-0.25, -0.2) is 4.79 Å². The minimum Gasteiger partial charge on any atom is -0.396 e. The van der Waals surface area contributed by atoms with Crippen molar-refractivity contribution in [1.29, 1.82) is 0 Å². The van der Waals surface area contributed by atoms with Gasteiger partial charge in [-0.1, -0.05) is 0 Å². The van der Waals surface area contributed by atoms with Crippen molar-refractivity contribution in [3.05, 3.63) is 30.0 Å². The van der Waals surface area contributed by atoms with Crippen molar-refractivity contribution in [3.63, 3.8) is 0 Å². The summed E-state index contributed by atoms with van der Waals surface area (Å²) in [6, 6.07) is 7.86. The van der Waals surface area contributed by atoms with E-state index in [1.54, 1.807) is 0 Å². The second kappa shape index (κ2) is 5.57. The number of H-pyrrole nitrogens is 1. The molecule has 0 aliphatic heterocycles. The number of aromatic nitrogens is 1. The van der Waals surface area contributed by atoms with Crippen LogP contribution in [0.3, 0.4) is 0 Å². The van der Waals surface area contributed by atoms with Crippen LogP contribution < -0.4 is 10.6 Å². The average molecular weight is 313 g/mol. The summed E-state index contributed by atoms with van der Waals surface area (Å²) in [5.41, 5.74) is 2.97. The molecule has 2 amide bonds. The molecule has 2 bridgehead atoms. The van der Waals surface area contributed by atoms with Gasteiger partial charge in [-0.2, -0.15) is 0 Å². The summed E-state index contributed by atoms with van der Waals surface area (Å²) in [7, 11) is 0. The van der Waals surface area contributed by atoms with Gasteiger partial charge in [-0.3, -0.25) is 0 Å². The van der Waals surface area contributed by atoms with Gasteiger partial charge in [0.25, 0.3) is 0 Å². The molecule has 2 fully saturated rings. The summed E-state index contributed by atoms with van der Waals surface area (Å²) < 4.78 is 0. The lowest BCUT2D eigenvalue weighted by molar-refractivity contribution is 0.146. The number of carbonyl (C=O) groups is 1. The number of aromatic amines is 1. The van der Waals surface area contributed by atoms with Gasteiger partial charge in [0.05, 0.1) is 0 Å². The second-order valence-electron chi connectivity index (χ2n) is 7.06. The van der Waals surface area contributed by atoms with E-state index in [2.05, 4.69) is 21.7 Å². The highest BCUT2D eigenvalue weighted by molar-refractivity contribution is 5.93. The van der Waals surface area contributed by atoms with Crippen LogP contribution in [-0.2, 0) is 0 Å². The van der Waals surface area contributed by atoms with Crippen LogP contribution >= 0.6 is 0 Å². The molecular formula is C18H23N3O2. The van der Waals surface area contributed by atoms with Crippen LogP contribution in [-0.4, -0.2) is 28.8 Å². The third-order valence-corrected chi connectivity index (χ3v) is 5.61. The van der Waals surface area contributed by atoms with Gasteiger partial charge in [0.1, 0.15) is 0 Å². The third kappa shape index (κ3) is 2.59. The Morgan fingerprint density at radius 1 is 1.30 bits per heavy atom. The summed E-state index contributed by atoms with van der Waals surface area (Å²) in [6.07, 6.45) is 3.50. The summed E-state index contributed by atoms with van der Waals surface area (Å²) in [5, 5.41) is 16.7. The van der Waals surface area contributed by atoms with E-state index in [0.29, 0.717) is 11.8 Å². The number of fused-ring (bicyclic) bond motifs is 3. The van der Waals surface area contributed by atoms with Crippen LogP contribution in [0.15, 0.2) is 24.3 Å². The molecule has 0 radical (unpaired) electrons. The lowest BCUT2D eigenvalue weighted by Gasteiger charge is -2.30. The van der Waals surface area contributed by atoms with E-state index in [1.165, 1.54) is 12.8 Å². The molecule has 0 saturated heterocycles. The maximum absolute atomic E-state index is 12.3.